The molecule has 0 spiro atoms. The van der Waals surface area contributed by atoms with Crippen molar-refractivity contribution in [2.75, 3.05) is 18.5 Å². The molecule has 0 radical (unpaired) electrons. The van der Waals surface area contributed by atoms with Gasteiger partial charge in [-0.25, -0.2) is 9.78 Å². The van der Waals surface area contributed by atoms with E-state index >= 15 is 0 Å². The summed E-state index contributed by atoms with van der Waals surface area (Å²) in [4.78, 5) is 39.8. The Hall–Kier alpha value is -2.74. The summed E-state index contributed by atoms with van der Waals surface area (Å²) in [6.45, 7) is 3.40. The molecule has 0 saturated carbocycles. The van der Waals surface area contributed by atoms with Crippen LogP contribution in [0.2, 0.25) is 0 Å². The molecule has 7 nitrogen and oxygen atoms in total. The molecule has 0 atom stereocenters. The van der Waals surface area contributed by atoms with Gasteiger partial charge < -0.3 is 14.8 Å². The minimum absolute atomic E-state index is 0.149. The van der Waals surface area contributed by atoms with E-state index in [0.29, 0.717) is 12.1 Å². The number of aryl methyl sites for hydroxylation is 2. The quantitative estimate of drug-likeness (QED) is 0.712. The van der Waals surface area contributed by atoms with E-state index in [9.17, 15) is 14.4 Å². The number of esters is 2. The molecule has 0 saturated heterocycles. The zero-order chi connectivity index (χ0) is 18.9. The molecular weight excluding hydrogens is 356 g/mol. The molecule has 1 aromatic carbocycles. The predicted octanol–water partition coefficient (Wildman–Crippen LogP) is 2.74. The monoisotopic (exact) mass is 376 g/mol. The second-order valence-corrected chi connectivity index (χ2v) is 6.40. The predicted molar refractivity (Wildman–Crippen MR) is 97.2 cm³/mol. The first-order chi connectivity index (χ1) is 12.5. The summed E-state index contributed by atoms with van der Waals surface area (Å²) in [6.07, 6.45) is 0.617. The second-order valence-electron chi connectivity index (χ2n) is 5.33. The van der Waals surface area contributed by atoms with Crippen molar-refractivity contribution in [3.8, 4) is 0 Å². The van der Waals surface area contributed by atoms with E-state index in [2.05, 4.69) is 10.3 Å². The number of aromatic nitrogens is 1. The number of hydrogen-bond donors (Lipinski definition) is 1. The molecule has 0 unspecified atom stereocenters. The maximum absolute atomic E-state index is 12.0. The lowest BCUT2D eigenvalue weighted by Crippen LogP contribution is -2.22. The molecule has 8 heteroatoms. The number of nitrogens with one attached hydrogen (secondary N) is 1. The number of para-hydroxylation sites is 1. The summed E-state index contributed by atoms with van der Waals surface area (Å²) in [5.74, 6) is -1.54. The van der Waals surface area contributed by atoms with Crippen molar-refractivity contribution < 1.29 is 23.9 Å². The highest BCUT2D eigenvalue weighted by Crippen LogP contribution is 2.16. The third kappa shape index (κ3) is 5.96. The summed E-state index contributed by atoms with van der Waals surface area (Å²) in [7, 11) is 0. The van der Waals surface area contributed by atoms with Crippen LogP contribution in [0.3, 0.4) is 0 Å². The van der Waals surface area contributed by atoms with E-state index in [1.54, 1.807) is 31.2 Å². The molecule has 0 aliphatic rings. The van der Waals surface area contributed by atoms with Gasteiger partial charge in [-0.3, -0.25) is 9.59 Å². The normalized spacial score (nSPS) is 10.2. The van der Waals surface area contributed by atoms with Crippen molar-refractivity contribution in [1.82, 2.24) is 4.98 Å². The van der Waals surface area contributed by atoms with Crippen LogP contribution in [-0.2, 0) is 25.5 Å². The zero-order valence-corrected chi connectivity index (χ0v) is 15.4. The number of carbonyl (C=O) groups is 3. The molecule has 0 fully saturated rings. The third-order valence-corrected chi connectivity index (χ3v) is 4.13. The Labute approximate surface area is 155 Å². The van der Waals surface area contributed by atoms with Gasteiger partial charge in [-0.1, -0.05) is 12.1 Å². The van der Waals surface area contributed by atoms with E-state index in [1.807, 2.05) is 12.3 Å². The third-order valence-electron chi connectivity index (χ3n) is 3.31. The average molecular weight is 376 g/mol. The number of thiazole rings is 1. The average Bonchev–Trinajstić information content (AvgIpc) is 3.04. The number of benzene rings is 1. The molecule has 0 aliphatic heterocycles. The fourth-order valence-corrected chi connectivity index (χ4v) is 2.78. The van der Waals surface area contributed by atoms with Crippen LogP contribution in [0.5, 0.6) is 0 Å². The number of ether oxygens (including phenoxy) is 2. The molecule has 2 aromatic rings. The summed E-state index contributed by atoms with van der Waals surface area (Å²) in [5, 5.41) is 5.38. The van der Waals surface area contributed by atoms with Gasteiger partial charge in [0, 0.05) is 11.8 Å². The highest BCUT2D eigenvalue weighted by Gasteiger charge is 2.15. The number of nitrogens with zero attached hydrogens (tertiary/aromatic N) is 1. The highest BCUT2D eigenvalue weighted by atomic mass is 32.1. The Kier molecular flexibility index (Phi) is 7.28. The Morgan fingerprint density at radius 2 is 1.96 bits per heavy atom. The SMILES string of the molecule is CCOC(=O)c1ccccc1NC(=O)COC(=O)CCc1csc(C)n1. The van der Waals surface area contributed by atoms with Crippen LogP contribution in [0.25, 0.3) is 0 Å². The summed E-state index contributed by atoms with van der Waals surface area (Å²) in [6, 6.07) is 6.48. The second kappa shape index (κ2) is 9.67. The van der Waals surface area contributed by atoms with Crippen molar-refractivity contribution in [3.05, 3.63) is 45.9 Å². The van der Waals surface area contributed by atoms with Gasteiger partial charge in [0.15, 0.2) is 6.61 Å². The first-order valence-electron chi connectivity index (χ1n) is 8.12. The van der Waals surface area contributed by atoms with Crippen LogP contribution in [-0.4, -0.2) is 36.0 Å². The Morgan fingerprint density at radius 1 is 1.19 bits per heavy atom. The van der Waals surface area contributed by atoms with Crippen LogP contribution in [0.15, 0.2) is 29.6 Å². The van der Waals surface area contributed by atoms with E-state index in [4.69, 9.17) is 9.47 Å². The lowest BCUT2D eigenvalue weighted by molar-refractivity contribution is -0.147. The Bertz CT molecular complexity index is 787. The standard InChI is InChI=1S/C18H20N2O5S/c1-3-24-18(23)14-6-4-5-7-15(14)20-16(21)10-25-17(22)9-8-13-11-26-12(2)19-13/h4-7,11H,3,8-10H2,1-2H3,(H,20,21). The van der Waals surface area contributed by atoms with E-state index in [-0.39, 0.29) is 18.6 Å². The van der Waals surface area contributed by atoms with Crippen LogP contribution in [0.1, 0.15) is 34.4 Å². The highest BCUT2D eigenvalue weighted by molar-refractivity contribution is 7.09. The minimum atomic E-state index is -0.529. The molecule has 0 bridgehead atoms. The molecule has 1 heterocycles. The van der Waals surface area contributed by atoms with Crippen molar-refractivity contribution in [2.24, 2.45) is 0 Å². The lowest BCUT2D eigenvalue weighted by Gasteiger charge is -2.10. The fraction of sp³-hybridized carbons (Fsp3) is 0.333. The topological polar surface area (TPSA) is 94.6 Å². The van der Waals surface area contributed by atoms with Gasteiger partial charge in [0.05, 0.1) is 35.0 Å². The van der Waals surface area contributed by atoms with Gasteiger partial charge in [0.1, 0.15) is 0 Å². The number of amides is 1. The van der Waals surface area contributed by atoms with Gasteiger partial charge in [0.2, 0.25) is 0 Å². The summed E-state index contributed by atoms with van der Waals surface area (Å²) in [5.41, 5.74) is 1.38. The number of anilines is 1. The molecule has 0 aliphatic carbocycles. The molecule has 138 valence electrons. The van der Waals surface area contributed by atoms with Crippen molar-refractivity contribution >= 4 is 34.9 Å². The Balaban J connectivity index is 1.81. The van der Waals surface area contributed by atoms with Crippen LogP contribution < -0.4 is 5.32 Å². The van der Waals surface area contributed by atoms with Crippen LogP contribution in [0.4, 0.5) is 5.69 Å². The lowest BCUT2D eigenvalue weighted by atomic mass is 10.2. The van der Waals surface area contributed by atoms with Crippen LogP contribution >= 0.6 is 11.3 Å². The first-order valence-corrected chi connectivity index (χ1v) is 9.00. The maximum atomic E-state index is 12.0. The fourth-order valence-electron chi connectivity index (χ4n) is 2.14. The summed E-state index contributed by atoms with van der Waals surface area (Å²) < 4.78 is 9.90. The van der Waals surface area contributed by atoms with Gasteiger partial charge >= 0.3 is 11.9 Å². The van der Waals surface area contributed by atoms with Gasteiger partial charge in [0.25, 0.3) is 5.91 Å². The summed E-state index contributed by atoms with van der Waals surface area (Å²) >= 11 is 1.52. The maximum Gasteiger partial charge on any atom is 0.340 e. The smallest absolute Gasteiger partial charge is 0.340 e. The first kappa shape index (κ1) is 19.6. The molecule has 26 heavy (non-hydrogen) atoms. The van der Waals surface area contributed by atoms with E-state index in [0.717, 1.165) is 10.7 Å². The molecule has 1 N–H and O–H groups in total. The van der Waals surface area contributed by atoms with E-state index in [1.165, 1.54) is 11.3 Å². The van der Waals surface area contributed by atoms with Crippen LogP contribution in [0, 0.1) is 6.92 Å². The molecule has 2 rings (SSSR count). The largest absolute Gasteiger partial charge is 0.462 e. The minimum Gasteiger partial charge on any atom is -0.462 e. The molecule has 1 amide bonds. The molecular formula is C18H20N2O5S. The zero-order valence-electron chi connectivity index (χ0n) is 14.6. The van der Waals surface area contributed by atoms with Gasteiger partial charge in [-0.2, -0.15) is 0 Å². The Morgan fingerprint density at radius 3 is 2.65 bits per heavy atom. The number of hydrogen-bond acceptors (Lipinski definition) is 7. The van der Waals surface area contributed by atoms with Crippen molar-refractivity contribution in [1.29, 1.82) is 0 Å². The van der Waals surface area contributed by atoms with Gasteiger partial charge in [-0.15, -0.1) is 11.3 Å². The van der Waals surface area contributed by atoms with E-state index < -0.39 is 24.5 Å². The van der Waals surface area contributed by atoms with Crippen molar-refractivity contribution in [3.63, 3.8) is 0 Å². The molecule has 1 aromatic heterocycles. The number of rotatable bonds is 8. The number of carbonyl (C=O) groups excluding carboxylic acids is 3. The van der Waals surface area contributed by atoms with Gasteiger partial charge in [-0.05, 0) is 26.0 Å². The van der Waals surface area contributed by atoms with Crippen molar-refractivity contribution in [2.45, 2.75) is 26.7 Å².